The molecule has 2 aromatic rings. The van der Waals surface area contributed by atoms with Crippen molar-refractivity contribution in [1.82, 2.24) is 20.8 Å². The van der Waals surface area contributed by atoms with Gasteiger partial charge in [0.2, 0.25) is 5.89 Å². The minimum absolute atomic E-state index is 0.134. The lowest BCUT2D eigenvalue weighted by atomic mass is 10.0. The average Bonchev–Trinajstić information content (AvgIpc) is 3.00. The number of rotatable bonds is 7. The number of likely N-dealkylation sites (N-methyl/N-ethyl adjacent to an activating group) is 1. The second kappa shape index (κ2) is 8.06. The highest BCUT2D eigenvalue weighted by molar-refractivity contribution is 5.94. The predicted molar refractivity (Wildman–Crippen MR) is 92.7 cm³/mol. The molecule has 1 amide bonds. The number of nitrogens with one attached hydrogen (secondary N) is 2. The Morgan fingerprint density at radius 1 is 1.21 bits per heavy atom. The first-order chi connectivity index (χ1) is 11.4. The van der Waals surface area contributed by atoms with Crippen LogP contribution in [0.5, 0.6) is 0 Å². The van der Waals surface area contributed by atoms with E-state index < -0.39 is 0 Å². The van der Waals surface area contributed by atoms with Crippen molar-refractivity contribution >= 4 is 5.91 Å². The Kier molecular flexibility index (Phi) is 6.09. The number of amides is 1. The third-order valence-corrected chi connectivity index (χ3v) is 4.00. The molecule has 0 saturated carbocycles. The molecule has 0 aliphatic heterocycles. The lowest BCUT2D eigenvalue weighted by Crippen LogP contribution is -2.32. The number of aromatic nitrogens is 2. The molecule has 24 heavy (non-hydrogen) atoms. The number of hydrogen-bond acceptors (Lipinski definition) is 5. The van der Waals surface area contributed by atoms with Crippen LogP contribution in [0, 0.1) is 12.8 Å². The number of carbonyl (C=O) groups is 1. The van der Waals surface area contributed by atoms with E-state index in [4.69, 9.17) is 4.52 Å². The van der Waals surface area contributed by atoms with Gasteiger partial charge < -0.3 is 15.2 Å². The molecule has 1 heterocycles. The van der Waals surface area contributed by atoms with Gasteiger partial charge in [0.05, 0.1) is 0 Å². The van der Waals surface area contributed by atoms with E-state index in [9.17, 15) is 4.79 Å². The summed E-state index contributed by atoms with van der Waals surface area (Å²) in [4.78, 5) is 16.9. The van der Waals surface area contributed by atoms with Gasteiger partial charge in [0.25, 0.3) is 5.91 Å². The molecule has 0 fully saturated rings. The average molecular weight is 330 g/mol. The van der Waals surface area contributed by atoms with Crippen LogP contribution < -0.4 is 10.6 Å². The van der Waals surface area contributed by atoms with Crippen molar-refractivity contribution in [2.75, 3.05) is 7.05 Å². The molecule has 2 unspecified atom stereocenters. The van der Waals surface area contributed by atoms with E-state index in [0.717, 1.165) is 5.56 Å². The van der Waals surface area contributed by atoms with Crippen LogP contribution in [0.4, 0.5) is 0 Å². The SMILES string of the molecule is CNC(C)Cc1noc(C(NC(=O)c2ccc(C)cc2)C(C)C)n1. The Bertz CT molecular complexity index is 664. The first-order valence-electron chi connectivity index (χ1n) is 8.28. The topological polar surface area (TPSA) is 80.0 Å². The molecule has 1 aromatic heterocycles. The fraction of sp³-hybridized carbons (Fsp3) is 0.500. The van der Waals surface area contributed by atoms with Gasteiger partial charge in [-0.3, -0.25) is 4.79 Å². The van der Waals surface area contributed by atoms with Gasteiger partial charge in [0, 0.05) is 18.0 Å². The van der Waals surface area contributed by atoms with E-state index in [1.165, 1.54) is 0 Å². The van der Waals surface area contributed by atoms with Gasteiger partial charge in [0.1, 0.15) is 6.04 Å². The zero-order chi connectivity index (χ0) is 17.7. The Balaban J connectivity index is 2.12. The maximum atomic E-state index is 12.5. The van der Waals surface area contributed by atoms with Crippen LogP contribution in [0.25, 0.3) is 0 Å². The molecule has 6 nitrogen and oxygen atoms in total. The van der Waals surface area contributed by atoms with Crippen molar-refractivity contribution in [3.05, 3.63) is 47.1 Å². The van der Waals surface area contributed by atoms with Gasteiger partial charge in [-0.15, -0.1) is 0 Å². The van der Waals surface area contributed by atoms with Crippen molar-refractivity contribution in [3.8, 4) is 0 Å². The Morgan fingerprint density at radius 3 is 2.46 bits per heavy atom. The van der Waals surface area contributed by atoms with Gasteiger partial charge in [0.15, 0.2) is 5.82 Å². The third-order valence-electron chi connectivity index (χ3n) is 4.00. The summed E-state index contributed by atoms with van der Waals surface area (Å²) in [6, 6.07) is 7.41. The first kappa shape index (κ1) is 18.1. The summed E-state index contributed by atoms with van der Waals surface area (Å²) < 4.78 is 5.39. The summed E-state index contributed by atoms with van der Waals surface area (Å²) in [5.74, 6) is 1.08. The van der Waals surface area contributed by atoms with E-state index >= 15 is 0 Å². The number of nitrogens with zero attached hydrogens (tertiary/aromatic N) is 2. The number of hydrogen-bond donors (Lipinski definition) is 2. The van der Waals surface area contributed by atoms with Crippen molar-refractivity contribution in [2.24, 2.45) is 5.92 Å². The fourth-order valence-corrected chi connectivity index (χ4v) is 2.30. The molecule has 0 saturated heterocycles. The number of carbonyl (C=O) groups excluding carboxylic acids is 1. The minimum Gasteiger partial charge on any atom is -0.340 e. The molecule has 0 radical (unpaired) electrons. The van der Waals surface area contributed by atoms with Crippen molar-refractivity contribution in [3.63, 3.8) is 0 Å². The van der Waals surface area contributed by atoms with Gasteiger partial charge in [-0.05, 0) is 38.9 Å². The molecule has 6 heteroatoms. The molecular weight excluding hydrogens is 304 g/mol. The maximum absolute atomic E-state index is 12.5. The van der Waals surface area contributed by atoms with Crippen molar-refractivity contribution < 1.29 is 9.32 Å². The molecule has 0 aliphatic rings. The van der Waals surface area contributed by atoms with E-state index in [-0.39, 0.29) is 23.9 Å². The van der Waals surface area contributed by atoms with E-state index in [0.29, 0.717) is 23.7 Å². The normalized spacial score (nSPS) is 13.8. The van der Waals surface area contributed by atoms with Crippen LogP contribution in [0.1, 0.15) is 54.4 Å². The Labute approximate surface area is 143 Å². The van der Waals surface area contributed by atoms with Crippen LogP contribution in [-0.2, 0) is 6.42 Å². The molecule has 0 aliphatic carbocycles. The zero-order valence-corrected chi connectivity index (χ0v) is 15.0. The van der Waals surface area contributed by atoms with Gasteiger partial charge in [-0.25, -0.2) is 0 Å². The van der Waals surface area contributed by atoms with Crippen LogP contribution >= 0.6 is 0 Å². The molecule has 130 valence electrons. The first-order valence-corrected chi connectivity index (χ1v) is 8.28. The lowest BCUT2D eigenvalue weighted by Gasteiger charge is -2.18. The number of aryl methyl sites for hydroxylation is 1. The van der Waals surface area contributed by atoms with Crippen LogP contribution in [0.3, 0.4) is 0 Å². The van der Waals surface area contributed by atoms with E-state index in [1.54, 1.807) is 0 Å². The third kappa shape index (κ3) is 4.64. The van der Waals surface area contributed by atoms with Gasteiger partial charge in [-0.2, -0.15) is 4.98 Å². The monoisotopic (exact) mass is 330 g/mol. The molecule has 1 aromatic carbocycles. The molecule has 2 rings (SSSR count). The summed E-state index contributed by atoms with van der Waals surface area (Å²) in [6.07, 6.45) is 0.677. The minimum atomic E-state index is -0.315. The summed E-state index contributed by atoms with van der Waals surface area (Å²) in [5, 5.41) is 10.2. The highest BCUT2D eigenvalue weighted by Gasteiger charge is 2.25. The standard InChI is InChI=1S/C18H26N4O2/c1-11(2)16(18-20-15(22-24-18)10-13(4)19-5)21-17(23)14-8-6-12(3)7-9-14/h6-9,11,13,16,19H,10H2,1-5H3,(H,21,23). The molecule has 0 spiro atoms. The molecule has 2 atom stereocenters. The smallest absolute Gasteiger partial charge is 0.251 e. The number of benzene rings is 1. The van der Waals surface area contributed by atoms with Crippen LogP contribution in [-0.4, -0.2) is 29.1 Å². The predicted octanol–water partition coefficient (Wildman–Crippen LogP) is 2.66. The maximum Gasteiger partial charge on any atom is 0.251 e. The molecule has 2 N–H and O–H groups in total. The largest absolute Gasteiger partial charge is 0.340 e. The molecular formula is C18H26N4O2. The molecule has 0 bridgehead atoms. The highest BCUT2D eigenvalue weighted by atomic mass is 16.5. The van der Waals surface area contributed by atoms with Gasteiger partial charge >= 0.3 is 0 Å². The summed E-state index contributed by atoms with van der Waals surface area (Å²) in [5.41, 5.74) is 1.74. The Morgan fingerprint density at radius 2 is 1.88 bits per heavy atom. The van der Waals surface area contributed by atoms with E-state index in [1.807, 2.05) is 52.1 Å². The second-order valence-corrected chi connectivity index (χ2v) is 6.50. The van der Waals surface area contributed by atoms with Crippen molar-refractivity contribution in [1.29, 1.82) is 0 Å². The van der Waals surface area contributed by atoms with Gasteiger partial charge in [-0.1, -0.05) is 36.7 Å². The van der Waals surface area contributed by atoms with Crippen LogP contribution in [0.15, 0.2) is 28.8 Å². The fourth-order valence-electron chi connectivity index (χ4n) is 2.30. The van der Waals surface area contributed by atoms with E-state index in [2.05, 4.69) is 27.7 Å². The van der Waals surface area contributed by atoms with Crippen LogP contribution in [0.2, 0.25) is 0 Å². The van der Waals surface area contributed by atoms with Crippen molar-refractivity contribution in [2.45, 2.75) is 46.2 Å². The highest BCUT2D eigenvalue weighted by Crippen LogP contribution is 2.21. The quantitative estimate of drug-likeness (QED) is 0.816. The zero-order valence-electron chi connectivity index (χ0n) is 15.0. The second-order valence-electron chi connectivity index (χ2n) is 6.50. The summed E-state index contributed by atoms with van der Waals surface area (Å²) in [7, 11) is 1.89. The summed E-state index contributed by atoms with van der Waals surface area (Å²) in [6.45, 7) is 8.07. The Hall–Kier alpha value is -2.21. The lowest BCUT2D eigenvalue weighted by molar-refractivity contribution is 0.0914. The summed E-state index contributed by atoms with van der Waals surface area (Å²) >= 11 is 0.